The second kappa shape index (κ2) is 7.15. The smallest absolute Gasteiger partial charge is 0.340 e. The Bertz CT molecular complexity index is 463. The second-order valence-corrected chi connectivity index (χ2v) is 8.17. The molecule has 1 heterocycles. The maximum absolute atomic E-state index is 11.1. The van der Waals surface area contributed by atoms with Crippen molar-refractivity contribution in [3.05, 3.63) is 12.3 Å². The first-order valence-corrected chi connectivity index (χ1v) is 8.62. The molecule has 1 aliphatic heterocycles. The number of aliphatic imine (C=N–C) groups is 1. The summed E-state index contributed by atoms with van der Waals surface area (Å²) in [4.78, 5) is 41.2. The van der Waals surface area contributed by atoms with Crippen molar-refractivity contribution in [2.24, 2.45) is 4.99 Å². The van der Waals surface area contributed by atoms with Crippen molar-refractivity contribution in [3.8, 4) is 0 Å². The number of likely N-dealkylation sites (N-methyl/N-ethyl adjacent to an activating group) is 1. The number of nitrogens with zero attached hydrogens (tertiary/aromatic N) is 2. The molecule has 0 fully saturated rings. The van der Waals surface area contributed by atoms with Crippen LogP contribution in [0.25, 0.3) is 0 Å². The van der Waals surface area contributed by atoms with Gasteiger partial charge in [-0.05, 0) is 6.08 Å². The van der Waals surface area contributed by atoms with Crippen LogP contribution in [0.4, 0.5) is 0 Å². The van der Waals surface area contributed by atoms with E-state index in [1.165, 1.54) is 11.1 Å². The monoisotopic (exact) mass is 350 g/mol. The number of hydrogen-bond acceptors (Lipinski definition) is 5. The first-order chi connectivity index (χ1) is 8.53. The maximum atomic E-state index is 11.1. The molecule has 1 unspecified atom stereocenters. The van der Waals surface area contributed by atoms with E-state index in [1.807, 2.05) is 0 Å². The van der Waals surface area contributed by atoms with Gasteiger partial charge in [0.25, 0.3) is 0 Å². The maximum Gasteiger partial charge on any atom is 0.340 e. The number of aliphatic hydroxyl groups excluding tert-OH is 1. The van der Waals surface area contributed by atoms with Gasteiger partial charge in [-0.25, -0.2) is 4.99 Å². The van der Waals surface area contributed by atoms with E-state index >= 15 is 0 Å². The van der Waals surface area contributed by atoms with E-state index in [0.29, 0.717) is 6.54 Å². The van der Waals surface area contributed by atoms with Gasteiger partial charge in [-0.2, -0.15) is 0 Å². The van der Waals surface area contributed by atoms with Gasteiger partial charge in [-0.1, -0.05) is 0 Å². The summed E-state index contributed by atoms with van der Waals surface area (Å²) in [6.07, 6.45) is 0.855. The Morgan fingerprint density at radius 1 is 1.30 bits per heavy atom. The first kappa shape index (κ1) is 19.8. The summed E-state index contributed by atoms with van der Waals surface area (Å²) in [7, 11) is -8.48. The summed E-state index contributed by atoms with van der Waals surface area (Å²) in [5.41, 5.74) is 0. The molecule has 5 N–H and O–H groups in total. The third kappa shape index (κ3) is 5.27. The average molecular weight is 351 g/mol. The fourth-order valence-corrected chi connectivity index (χ4v) is 4.16. The van der Waals surface area contributed by atoms with Gasteiger partial charge in [-0.15, -0.1) is 12.4 Å². The van der Waals surface area contributed by atoms with E-state index in [9.17, 15) is 14.2 Å². The van der Waals surface area contributed by atoms with Crippen LogP contribution in [0, 0.1) is 0 Å². The fraction of sp³-hybridized carbons (Fsp3) is 0.625. The molecule has 0 saturated heterocycles. The molecule has 12 heteroatoms. The standard InChI is InChI=1S/C8H16N2O7P2.ClH/c1-10-4-2-3-9-8(10)6(11)5-7(18(12,13)14)19(15,16)17;/h2-3,6-7,11H,4-5H2,1H3,(H2,12,13,14)(H2,15,16,17);1H. The Balaban J connectivity index is 0.00000361. The van der Waals surface area contributed by atoms with E-state index in [0.717, 1.165) is 0 Å². The number of halogens is 1. The van der Waals surface area contributed by atoms with Gasteiger partial charge in [-0.3, -0.25) is 9.13 Å². The highest BCUT2D eigenvalue weighted by Crippen LogP contribution is 2.61. The highest BCUT2D eigenvalue weighted by molar-refractivity contribution is 7.70. The Kier molecular flexibility index (Phi) is 7.07. The molecular formula is C8H17ClN2O7P2. The number of hydrogen-bond donors (Lipinski definition) is 5. The lowest BCUT2D eigenvalue weighted by molar-refractivity contribution is 0.209. The predicted molar refractivity (Wildman–Crippen MR) is 75.0 cm³/mol. The van der Waals surface area contributed by atoms with Gasteiger partial charge in [0.1, 0.15) is 11.9 Å². The fourth-order valence-electron chi connectivity index (χ4n) is 1.64. The van der Waals surface area contributed by atoms with Crippen LogP contribution in [0.15, 0.2) is 17.3 Å². The third-order valence-corrected chi connectivity index (χ3v) is 6.37. The van der Waals surface area contributed by atoms with Gasteiger partial charge in [0.2, 0.25) is 0 Å². The van der Waals surface area contributed by atoms with Gasteiger partial charge < -0.3 is 29.6 Å². The van der Waals surface area contributed by atoms with Crippen LogP contribution in [0.3, 0.4) is 0 Å². The molecule has 0 bridgehead atoms. The van der Waals surface area contributed by atoms with E-state index in [2.05, 4.69) is 4.99 Å². The summed E-state index contributed by atoms with van der Waals surface area (Å²) in [5.74, 6) is 0.106. The molecule has 0 aromatic rings. The van der Waals surface area contributed by atoms with Gasteiger partial charge in [0.15, 0.2) is 5.40 Å². The normalized spacial score (nSPS) is 17.8. The summed E-state index contributed by atoms with van der Waals surface area (Å²) < 4.78 is 22.2. The molecule has 0 aromatic carbocycles. The third-order valence-electron chi connectivity index (χ3n) is 2.59. The molecule has 0 amide bonds. The van der Waals surface area contributed by atoms with Crippen molar-refractivity contribution < 1.29 is 33.8 Å². The highest BCUT2D eigenvalue weighted by Gasteiger charge is 2.45. The molecule has 0 aromatic heterocycles. The molecular weight excluding hydrogens is 333 g/mol. The van der Waals surface area contributed by atoms with Crippen molar-refractivity contribution in [2.45, 2.75) is 17.9 Å². The zero-order chi connectivity index (χ0) is 14.8. The molecule has 118 valence electrons. The second-order valence-electron chi connectivity index (χ2n) is 4.16. The van der Waals surface area contributed by atoms with Crippen LogP contribution in [0.1, 0.15) is 6.42 Å². The summed E-state index contributed by atoms with van der Waals surface area (Å²) in [6.45, 7) is 0.437. The molecule has 0 spiro atoms. The van der Waals surface area contributed by atoms with Gasteiger partial charge in [0, 0.05) is 26.2 Å². The summed E-state index contributed by atoms with van der Waals surface area (Å²) >= 11 is 0. The van der Waals surface area contributed by atoms with E-state index in [4.69, 9.17) is 19.6 Å². The van der Waals surface area contributed by atoms with Crippen LogP contribution in [-0.2, 0) is 9.13 Å². The summed E-state index contributed by atoms with van der Waals surface area (Å²) in [5, 5.41) is 7.61. The minimum absolute atomic E-state index is 0. The Labute approximate surface area is 121 Å². The lowest BCUT2D eigenvalue weighted by Crippen LogP contribution is -2.39. The molecule has 1 aliphatic rings. The average Bonchev–Trinajstić information content (AvgIpc) is 2.23. The molecule has 20 heavy (non-hydrogen) atoms. The number of rotatable bonds is 5. The Morgan fingerprint density at radius 2 is 1.80 bits per heavy atom. The van der Waals surface area contributed by atoms with Crippen molar-refractivity contribution in [2.75, 3.05) is 13.6 Å². The number of aliphatic hydroxyl groups is 1. The highest BCUT2D eigenvalue weighted by atomic mass is 35.5. The van der Waals surface area contributed by atoms with Crippen molar-refractivity contribution in [1.29, 1.82) is 0 Å². The first-order valence-electron chi connectivity index (χ1n) is 5.26. The molecule has 0 radical (unpaired) electrons. The van der Waals surface area contributed by atoms with Gasteiger partial charge >= 0.3 is 15.2 Å². The van der Waals surface area contributed by atoms with E-state index < -0.39 is 33.1 Å². The van der Waals surface area contributed by atoms with E-state index in [-0.39, 0.29) is 18.2 Å². The molecule has 9 nitrogen and oxygen atoms in total. The van der Waals surface area contributed by atoms with Crippen LogP contribution in [0.2, 0.25) is 0 Å². The van der Waals surface area contributed by atoms with Crippen LogP contribution >= 0.6 is 27.6 Å². The van der Waals surface area contributed by atoms with Crippen molar-refractivity contribution in [1.82, 2.24) is 4.90 Å². The number of amidine groups is 1. The largest absolute Gasteiger partial charge is 0.385 e. The lowest BCUT2D eigenvalue weighted by atomic mass is 10.2. The van der Waals surface area contributed by atoms with Crippen LogP contribution in [-0.4, -0.2) is 60.5 Å². The van der Waals surface area contributed by atoms with Gasteiger partial charge in [0.05, 0.1) is 0 Å². The Hall–Kier alpha value is -0.240. The predicted octanol–water partition coefficient (Wildman–Crippen LogP) is -0.302. The minimum atomic E-state index is -5.04. The quantitative estimate of drug-likeness (QED) is 0.424. The van der Waals surface area contributed by atoms with E-state index in [1.54, 1.807) is 13.1 Å². The van der Waals surface area contributed by atoms with Crippen LogP contribution < -0.4 is 0 Å². The minimum Gasteiger partial charge on any atom is -0.385 e. The van der Waals surface area contributed by atoms with Crippen molar-refractivity contribution in [3.63, 3.8) is 0 Å². The molecule has 1 atom stereocenters. The topological polar surface area (TPSA) is 151 Å². The van der Waals surface area contributed by atoms with Crippen molar-refractivity contribution >= 4 is 33.4 Å². The molecule has 1 rings (SSSR count). The summed E-state index contributed by atoms with van der Waals surface area (Å²) in [6, 6.07) is 0. The van der Waals surface area contributed by atoms with Crippen LogP contribution in [0.5, 0.6) is 0 Å². The molecule has 0 saturated carbocycles. The lowest BCUT2D eigenvalue weighted by Gasteiger charge is -2.28. The zero-order valence-corrected chi connectivity index (χ0v) is 13.1. The Morgan fingerprint density at radius 3 is 2.20 bits per heavy atom. The zero-order valence-electron chi connectivity index (χ0n) is 10.5. The SMILES string of the molecule is CN1CC=CN=C1C(O)CC(P(=O)(O)O)P(=O)(O)O.Cl. The molecule has 0 aliphatic carbocycles.